The van der Waals surface area contributed by atoms with Crippen LogP contribution in [0.2, 0.25) is 0 Å². The number of H-pyrrole nitrogens is 1. The van der Waals surface area contributed by atoms with Crippen molar-refractivity contribution in [1.29, 1.82) is 0 Å². The maximum Gasteiger partial charge on any atom is 0.162 e. The number of benzene rings is 2. The lowest BCUT2D eigenvalue weighted by molar-refractivity contribution is 0.876. The first-order valence-electron chi connectivity index (χ1n) is 8.59. The number of aromatic nitrogens is 4. The van der Waals surface area contributed by atoms with Gasteiger partial charge in [-0.05, 0) is 18.1 Å². The Hall–Kier alpha value is -3.41. The van der Waals surface area contributed by atoms with E-state index >= 15 is 0 Å². The molecule has 6 heteroatoms. The van der Waals surface area contributed by atoms with Crippen LogP contribution < -0.4 is 10.6 Å². The number of hydrogen-bond acceptors (Lipinski definition) is 5. The zero-order chi connectivity index (χ0) is 17.8. The van der Waals surface area contributed by atoms with Gasteiger partial charge < -0.3 is 10.6 Å². The van der Waals surface area contributed by atoms with Gasteiger partial charge in [-0.25, -0.2) is 9.97 Å². The minimum absolute atomic E-state index is 0.117. The highest BCUT2D eigenvalue weighted by molar-refractivity contribution is 5.96. The molecule has 4 aromatic rings. The molecule has 0 saturated carbocycles. The smallest absolute Gasteiger partial charge is 0.162 e. The van der Waals surface area contributed by atoms with Gasteiger partial charge in [0, 0.05) is 12.6 Å². The molecule has 0 spiro atoms. The van der Waals surface area contributed by atoms with Crippen LogP contribution in [0.1, 0.15) is 24.1 Å². The molecule has 0 aliphatic carbocycles. The van der Waals surface area contributed by atoms with Crippen molar-refractivity contribution in [3.8, 4) is 0 Å². The van der Waals surface area contributed by atoms with Gasteiger partial charge in [0.25, 0.3) is 0 Å². The molecule has 3 N–H and O–H groups in total. The van der Waals surface area contributed by atoms with Crippen molar-refractivity contribution >= 4 is 22.7 Å². The van der Waals surface area contributed by atoms with E-state index in [1.807, 2.05) is 36.4 Å². The zero-order valence-electron chi connectivity index (χ0n) is 14.5. The number of nitrogens with zero attached hydrogens (tertiary/aromatic N) is 3. The fourth-order valence-corrected chi connectivity index (χ4v) is 2.91. The van der Waals surface area contributed by atoms with E-state index in [4.69, 9.17) is 0 Å². The third kappa shape index (κ3) is 3.35. The lowest BCUT2D eigenvalue weighted by Crippen LogP contribution is -2.09. The van der Waals surface area contributed by atoms with Gasteiger partial charge >= 0.3 is 0 Å². The molecule has 0 saturated heterocycles. The predicted molar refractivity (Wildman–Crippen MR) is 104 cm³/mol. The van der Waals surface area contributed by atoms with E-state index in [0.717, 1.165) is 17.0 Å². The first kappa shape index (κ1) is 16.1. The zero-order valence-corrected chi connectivity index (χ0v) is 14.5. The number of hydrogen-bond donors (Lipinski definition) is 3. The summed E-state index contributed by atoms with van der Waals surface area (Å²) in [5, 5.41) is 15.1. The standard InChI is InChI=1S/C20H20N6/c1-14(16-10-6-3-7-11-16)24-18-17-19(25-26-20(17)23-13-22-18)21-12-15-8-4-2-5-9-15/h2-11,13-14H,12H2,1H3,(H3,21,22,23,24,25,26). The SMILES string of the molecule is CC(Nc1ncnc2[nH]nc(NCc3ccccc3)c12)c1ccccc1. The first-order chi connectivity index (χ1) is 12.8. The van der Waals surface area contributed by atoms with Crippen molar-refractivity contribution in [1.82, 2.24) is 20.2 Å². The van der Waals surface area contributed by atoms with Crippen molar-refractivity contribution in [2.24, 2.45) is 0 Å². The number of nitrogens with one attached hydrogen (secondary N) is 3. The van der Waals surface area contributed by atoms with Gasteiger partial charge in [0.1, 0.15) is 17.5 Å². The molecule has 1 unspecified atom stereocenters. The van der Waals surface area contributed by atoms with Crippen LogP contribution in [0.3, 0.4) is 0 Å². The van der Waals surface area contributed by atoms with Crippen molar-refractivity contribution in [3.05, 3.63) is 78.1 Å². The Morgan fingerprint density at radius 2 is 1.65 bits per heavy atom. The molecule has 4 rings (SSSR count). The lowest BCUT2D eigenvalue weighted by Gasteiger charge is -2.15. The Morgan fingerprint density at radius 3 is 2.42 bits per heavy atom. The van der Waals surface area contributed by atoms with Crippen LogP contribution in [-0.2, 0) is 6.54 Å². The first-order valence-corrected chi connectivity index (χ1v) is 8.59. The van der Waals surface area contributed by atoms with Crippen molar-refractivity contribution in [2.45, 2.75) is 19.5 Å². The fraction of sp³-hybridized carbons (Fsp3) is 0.150. The van der Waals surface area contributed by atoms with Gasteiger partial charge in [-0.3, -0.25) is 5.10 Å². The number of fused-ring (bicyclic) bond motifs is 1. The van der Waals surface area contributed by atoms with Crippen LogP contribution in [0.5, 0.6) is 0 Å². The highest BCUT2D eigenvalue weighted by atomic mass is 15.2. The van der Waals surface area contributed by atoms with E-state index < -0.39 is 0 Å². The summed E-state index contributed by atoms with van der Waals surface area (Å²) in [6.07, 6.45) is 1.54. The van der Waals surface area contributed by atoms with E-state index in [9.17, 15) is 0 Å². The van der Waals surface area contributed by atoms with Crippen LogP contribution in [0.15, 0.2) is 67.0 Å². The second kappa shape index (κ2) is 7.23. The summed E-state index contributed by atoms with van der Waals surface area (Å²) in [6, 6.07) is 20.6. The molecule has 0 bridgehead atoms. The highest BCUT2D eigenvalue weighted by Crippen LogP contribution is 2.28. The molecule has 2 aromatic carbocycles. The molecule has 1 atom stereocenters. The minimum Gasteiger partial charge on any atom is -0.364 e. The number of aromatic amines is 1. The molecule has 2 heterocycles. The molecule has 2 aromatic heterocycles. The molecular formula is C20H20N6. The summed E-state index contributed by atoms with van der Waals surface area (Å²) in [4.78, 5) is 8.73. The van der Waals surface area contributed by atoms with E-state index in [1.165, 1.54) is 11.1 Å². The second-order valence-corrected chi connectivity index (χ2v) is 6.13. The maximum absolute atomic E-state index is 4.44. The monoisotopic (exact) mass is 344 g/mol. The molecule has 0 amide bonds. The molecule has 0 aliphatic rings. The van der Waals surface area contributed by atoms with Crippen LogP contribution in [-0.4, -0.2) is 20.2 Å². The lowest BCUT2D eigenvalue weighted by atomic mass is 10.1. The molecule has 0 fully saturated rings. The van der Waals surface area contributed by atoms with Gasteiger partial charge in [0.2, 0.25) is 0 Å². The molecule has 0 radical (unpaired) electrons. The van der Waals surface area contributed by atoms with Crippen LogP contribution in [0.25, 0.3) is 11.0 Å². The van der Waals surface area contributed by atoms with E-state index in [-0.39, 0.29) is 6.04 Å². The minimum atomic E-state index is 0.117. The molecule has 0 aliphatic heterocycles. The second-order valence-electron chi connectivity index (χ2n) is 6.13. The van der Waals surface area contributed by atoms with Gasteiger partial charge in [0.05, 0.1) is 0 Å². The van der Waals surface area contributed by atoms with E-state index in [1.54, 1.807) is 6.33 Å². The third-order valence-electron chi connectivity index (χ3n) is 4.31. The average molecular weight is 344 g/mol. The van der Waals surface area contributed by atoms with Crippen molar-refractivity contribution < 1.29 is 0 Å². The summed E-state index contributed by atoms with van der Waals surface area (Å²) >= 11 is 0. The number of anilines is 2. The normalized spacial score (nSPS) is 12.0. The highest BCUT2D eigenvalue weighted by Gasteiger charge is 2.15. The Bertz CT molecular complexity index is 981. The van der Waals surface area contributed by atoms with Gasteiger partial charge in [-0.1, -0.05) is 60.7 Å². The number of rotatable bonds is 6. The van der Waals surface area contributed by atoms with Crippen LogP contribution in [0, 0.1) is 0 Å². The Kier molecular flexibility index (Phi) is 4.47. The Labute approximate surface area is 151 Å². The van der Waals surface area contributed by atoms with E-state index in [2.05, 4.69) is 62.0 Å². The molecule has 130 valence electrons. The van der Waals surface area contributed by atoms with Crippen molar-refractivity contribution in [3.63, 3.8) is 0 Å². The third-order valence-corrected chi connectivity index (χ3v) is 4.31. The summed E-state index contributed by atoms with van der Waals surface area (Å²) in [6.45, 7) is 2.80. The maximum atomic E-state index is 4.44. The average Bonchev–Trinajstić information content (AvgIpc) is 3.12. The predicted octanol–water partition coefficient (Wildman–Crippen LogP) is 4.14. The molecular weight excluding hydrogens is 324 g/mol. The van der Waals surface area contributed by atoms with E-state index in [0.29, 0.717) is 12.2 Å². The van der Waals surface area contributed by atoms with Crippen molar-refractivity contribution in [2.75, 3.05) is 10.6 Å². The molecule has 26 heavy (non-hydrogen) atoms. The van der Waals surface area contributed by atoms with Crippen LogP contribution >= 0.6 is 0 Å². The fourth-order valence-electron chi connectivity index (χ4n) is 2.91. The Morgan fingerprint density at radius 1 is 0.923 bits per heavy atom. The summed E-state index contributed by atoms with van der Waals surface area (Å²) in [5.41, 5.74) is 3.09. The molecule has 6 nitrogen and oxygen atoms in total. The quantitative estimate of drug-likeness (QED) is 0.490. The van der Waals surface area contributed by atoms with Gasteiger partial charge in [0.15, 0.2) is 11.5 Å². The summed E-state index contributed by atoms with van der Waals surface area (Å²) in [5.74, 6) is 1.50. The summed E-state index contributed by atoms with van der Waals surface area (Å²) < 4.78 is 0. The van der Waals surface area contributed by atoms with Gasteiger partial charge in [-0.2, -0.15) is 5.10 Å². The van der Waals surface area contributed by atoms with Gasteiger partial charge in [-0.15, -0.1) is 0 Å². The van der Waals surface area contributed by atoms with Crippen LogP contribution in [0.4, 0.5) is 11.6 Å². The topological polar surface area (TPSA) is 78.5 Å². The summed E-state index contributed by atoms with van der Waals surface area (Å²) in [7, 11) is 0. The largest absolute Gasteiger partial charge is 0.364 e. The Balaban J connectivity index is 1.60.